The third-order valence-corrected chi connectivity index (χ3v) is 3.70. The quantitative estimate of drug-likeness (QED) is 0.901. The first kappa shape index (κ1) is 13.8. The van der Waals surface area contributed by atoms with Crippen molar-refractivity contribution in [1.29, 1.82) is 0 Å². The van der Waals surface area contributed by atoms with Gasteiger partial charge in [-0.15, -0.1) is 0 Å². The molecular formula is C14H21N3O2. The number of hydrogen-bond acceptors (Lipinski definition) is 4. The van der Waals surface area contributed by atoms with E-state index in [1.165, 1.54) is 0 Å². The molecule has 2 heterocycles. The molecule has 5 nitrogen and oxygen atoms in total. The van der Waals surface area contributed by atoms with Gasteiger partial charge in [-0.2, -0.15) is 0 Å². The molecule has 0 aromatic carbocycles. The number of aryl methyl sites for hydroxylation is 1. The second-order valence-electron chi connectivity index (χ2n) is 5.21. The Hall–Kier alpha value is -1.65. The first-order valence-corrected chi connectivity index (χ1v) is 6.93. The summed E-state index contributed by atoms with van der Waals surface area (Å²) >= 11 is 0. The Balaban J connectivity index is 2.27. The third kappa shape index (κ3) is 3.03. The molecule has 1 aromatic heterocycles. The standard InChI is InChI=1S/C14H21N3O2/c1-3-5-11-8-12(16-9-15-11)17-7-4-6-10(2)13(17)14(18)19/h8-10,13H,3-7H2,1-2H3,(H,18,19). The van der Waals surface area contributed by atoms with Crippen LogP contribution in [0.1, 0.15) is 38.8 Å². The third-order valence-electron chi connectivity index (χ3n) is 3.70. The monoisotopic (exact) mass is 263 g/mol. The second kappa shape index (κ2) is 5.99. The molecule has 0 amide bonds. The first-order valence-electron chi connectivity index (χ1n) is 6.93. The van der Waals surface area contributed by atoms with Crippen LogP contribution in [0.4, 0.5) is 5.82 Å². The highest BCUT2D eigenvalue weighted by atomic mass is 16.4. The summed E-state index contributed by atoms with van der Waals surface area (Å²) < 4.78 is 0. The van der Waals surface area contributed by atoms with Crippen LogP contribution < -0.4 is 4.90 Å². The summed E-state index contributed by atoms with van der Waals surface area (Å²) in [5.41, 5.74) is 0.981. The maximum Gasteiger partial charge on any atom is 0.326 e. The van der Waals surface area contributed by atoms with E-state index in [1.807, 2.05) is 17.9 Å². The average Bonchev–Trinajstić information content (AvgIpc) is 2.38. The Labute approximate surface area is 113 Å². The summed E-state index contributed by atoms with van der Waals surface area (Å²) in [7, 11) is 0. The van der Waals surface area contributed by atoms with Crippen molar-refractivity contribution in [2.24, 2.45) is 5.92 Å². The predicted molar refractivity (Wildman–Crippen MR) is 73.2 cm³/mol. The Morgan fingerprint density at radius 2 is 2.32 bits per heavy atom. The Bertz CT molecular complexity index is 450. The number of rotatable bonds is 4. The SMILES string of the molecule is CCCc1cc(N2CCCC(C)C2C(=O)O)ncn1. The van der Waals surface area contributed by atoms with E-state index < -0.39 is 12.0 Å². The van der Waals surface area contributed by atoms with Gasteiger partial charge in [0.2, 0.25) is 0 Å². The summed E-state index contributed by atoms with van der Waals surface area (Å²) in [6, 6.07) is 1.45. The van der Waals surface area contributed by atoms with Crippen LogP contribution in [0.2, 0.25) is 0 Å². The van der Waals surface area contributed by atoms with Gasteiger partial charge >= 0.3 is 5.97 Å². The molecule has 19 heavy (non-hydrogen) atoms. The van der Waals surface area contributed by atoms with Crippen LogP contribution in [0.5, 0.6) is 0 Å². The highest BCUT2D eigenvalue weighted by Gasteiger charge is 2.35. The lowest BCUT2D eigenvalue weighted by atomic mass is 9.91. The van der Waals surface area contributed by atoms with Gasteiger partial charge in [-0.25, -0.2) is 14.8 Å². The lowest BCUT2D eigenvalue weighted by Gasteiger charge is -2.38. The maximum absolute atomic E-state index is 11.5. The number of carboxylic acid groups (broad SMARTS) is 1. The van der Waals surface area contributed by atoms with Gasteiger partial charge in [0, 0.05) is 18.3 Å². The fourth-order valence-electron chi connectivity index (χ4n) is 2.76. The van der Waals surface area contributed by atoms with Gasteiger partial charge in [-0.3, -0.25) is 0 Å². The van der Waals surface area contributed by atoms with E-state index in [4.69, 9.17) is 0 Å². The molecule has 2 unspecified atom stereocenters. The average molecular weight is 263 g/mol. The van der Waals surface area contributed by atoms with Crippen molar-refractivity contribution in [2.75, 3.05) is 11.4 Å². The summed E-state index contributed by atoms with van der Waals surface area (Å²) in [4.78, 5) is 21.9. The highest BCUT2D eigenvalue weighted by molar-refractivity contribution is 5.78. The summed E-state index contributed by atoms with van der Waals surface area (Å²) in [6.45, 7) is 4.85. The van der Waals surface area contributed by atoms with Crippen molar-refractivity contribution in [3.05, 3.63) is 18.1 Å². The van der Waals surface area contributed by atoms with Gasteiger partial charge in [-0.05, 0) is 25.2 Å². The summed E-state index contributed by atoms with van der Waals surface area (Å²) in [5.74, 6) is 0.135. The van der Waals surface area contributed by atoms with E-state index in [9.17, 15) is 9.90 Å². The zero-order chi connectivity index (χ0) is 13.8. The Morgan fingerprint density at radius 3 is 3.00 bits per heavy atom. The van der Waals surface area contributed by atoms with Crippen molar-refractivity contribution in [3.8, 4) is 0 Å². The topological polar surface area (TPSA) is 66.3 Å². The fourth-order valence-corrected chi connectivity index (χ4v) is 2.76. The van der Waals surface area contributed by atoms with E-state index in [2.05, 4.69) is 16.9 Å². The first-order chi connectivity index (χ1) is 9.13. The second-order valence-corrected chi connectivity index (χ2v) is 5.21. The normalized spacial score (nSPS) is 23.4. The van der Waals surface area contributed by atoms with Crippen LogP contribution in [0.25, 0.3) is 0 Å². The Morgan fingerprint density at radius 1 is 1.53 bits per heavy atom. The molecule has 2 atom stereocenters. The minimum absolute atomic E-state index is 0.149. The minimum Gasteiger partial charge on any atom is -0.480 e. The molecule has 0 aliphatic carbocycles. The fraction of sp³-hybridized carbons (Fsp3) is 0.643. The number of hydrogen-bond donors (Lipinski definition) is 1. The molecule has 1 fully saturated rings. The summed E-state index contributed by atoms with van der Waals surface area (Å²) in [5, 5.41) is 9.43. The molecule has 0 spiro atoms. The smallest absolute Gasteiger partial charge is 0.326 e. The van der Waals surface area contributed by atoms with Crippen LogP contribution in [-0.2, 0) is 11.2 Å². The number of carboxylic acids is 1. The lowest BCUT2D eigenvalue weighted by molar-refractivity contribution is -0.140. The van der Waals surface area contributed by atoms with Crippen LogP contribution in [0.15, 0.2) is 12.4 Å². The molecular weight excluding hydrogens is 242 g/mol. The molecule has 1 aliphatic heterocycles. The van der Waals surface area contributed by atoms with Gasteiger partial charge in [0.05, 0.1) is 0 Å². The lowest BCUT2D eigenvalue weighted by Crippen LogP contribution is -2.49. The molecule has 0 saturated carbocycles. The van der Waals surface area contributed by atoms with E-state index >= 15 is 0 Å². The van der Waals surface area contributed by atoms with Crippen molar-refractivity contribution in [3.63, 3.8) is 0 Å². The number of nitrogens with zero attached hydrogens (tertiary/aromatic N) is 3. The highest BCUT2D eigenvalue weighted by Crippen LogP contribution is 2.27. The molecule has 2 rings (SSSR count). The van der Waals surface area contributed by atoms with E-state index in [0.717, 1.165) is 43.7 Å². The zero-order valence-corrected chi connectivity index (χ0v) is 11.5. The summed E-state index contributed by atoms with van der Waals surface area (Å²) in [6.07, 6.45) is 5.43. The number of piperidine rings is 1. The van der Waals surface area contributed by atoms with Crippen LogP contribution in [0.3, 0.4) is 0 Å². The molecule has 104 valence electrons. The van der Waals surface area contributed by atoms with E-state index in [-0.39, 0.29) is 5.92 Å². The minimum atomic E-state index is -0.761. The van der Waals surface area contributed by atoms with Gasteiger partial charge in [0.25, 0.3) is 0 Å². The van der Waals surface area contributed by atoms with Crippen molar-refractivity contribution >= 4 is 11.8 Å². The van der Waals surface area contributed by atoms with Gasteiger partial charge < -0.3 is 10.0 Å². The van der Waals surface area contributed by atoms with E-state index in [0.29, 0.717) is 0 Å². The van der Waals surface area contributed by atoms with Gasteiger partial charge in [0.15, 0.2) is 0 Å². The molecule has 1 saturated heterocycles. The largest absolute Gasteiger partial charge is 0.480 e. The molecule has 0 radical (unpaired) electrons. The maximum atomic E-state index is 11.5. The number of aliphatic carboxylic acids is 1. The number of carbonyl (C=O) groups is 1. The molecule has 1 aliphatic rings. The van der Waals surface area contributed by atoms with E-state index in [1.54, 1.807) is 6.33 Å². The van der Waals surface area contributed by atoms with Crippen molar-refractivity contribution < 1.29 is 9.90 Å². The van der Waals surface area contributed by atoms with Crippen molar-refractivity contribution in [2.45, 2.75) is 45.6 Å². The van der Waals surface area contributed by atoms with Crippen LogP contribution in [-0.4, -0.2) is 33.6 Å². The predicted octanol–water partition coefficient (Wildman–Crippen LogP) is 2.12. The van der Waals surface area contributed by atoms with Crippen LogP contribution >= 0.6 is 0 Å². The molecule has 5 heteroatoms. The molecule has 1 N–H and O–H groups in total. The van der Waals surface area contributed by atoms with Gasteiger partial charge in [-0.1, -0.05) is 20.3 Å². The number of aromatic nitrogens is 2. The zero-order valence-electron chi connectivity index (χ0n) is 11.5. The van der Waals surface area contributed by atoms with Crippen molar-refractivity contribution in [1.82, 2.24) is 9.97 Å². The Kier molecular flexibility index (Phi) is 4.35. The van der Waals surface area contributed by atoms with Crippen LogP contribution in [0, 0.1) is 5.92 Å². The molecule has 1 aromatic rings. The number of anilines is 1. The molecule has 0 bridgehead atoms. The van der Waals surface area contributed by atoms with Gasteiger partial charge in [0.1, 0.15) is 18.2 Å².